The first kappa shape index (κ1) is 20.7. The molecule has 3 aromatic rings. The van der Waals surface area contributed by atoms with Gasteiger partial charge in [0.1, 0.15) is 11.9 Å². The molecule has 3 N–H and O–H groups in total. The van der Waals surface area contributed by atoms with Crippen LogP contribution < -0.4 is 25.4 Å². The van der Waals surface area contributed by atoms with Gasteiger partial charge in [0, 0.05) is 30.2 Å². The Hall–Kier alpha value is -3.57. The van der Waals surface area contributed by atoms with E-state index in [0.717, 1.165) is 29.4 Å². The maximum atomic E-state index is 9.51. The van der Waals surface area contributed by atoms with Crippen LogP contribution >= 0.6 is 12.2 Å². The fourth-order valence-electron chi connectivity index (χ4n) is 3.40. The van der Waals surface area contributed by atoms with Crippen LogP contribution in [-0.4, -0.2) is 30.0 Å². The molecule has 0 amide bonds. The van der Waals surface area contributed by atoms with E-state index < -0.39 is 0 Å². The molecular formula is C23H23N5O2S. The SMILES string of the molecule is CCc1ccccc1NC(=S)NCCCNc1nc2cc3c(cc2cc1C#N)OCO3. The summed E-state index contributed by atoms with van der Waals surface area (Å²) >= 11 is 5.40. The summed E-state index contributed by atoms with van der Waals surface area (Å²) in [6.45, 7) is 3.67. The number of ether oxygens (including phenoxy) is 2. The first-order chi connectivity index (χ1) is 15.2. The van der Waals surface area contributed by atoms with Crippen molar-refractivity contribution in [1.82, 2.24) is 10.3 Å². The molecule has 2 aromatic carbocycles. The quantitative estimate of drug-likeness (QED) is 0.377. The minimum Gasteiger partial charge on any atom is -0.454 e. The van der Waals surface area contributed by atoms with Crippen LogP contribution in [0, 0.1) is 11.3 Å². The molecule has 0 saturated heterocycles. The van der Waals surface area contributed by atoms with Crippen LogP contribution in [0.15, 0.2) is 42.5 Å². The number of thiocarbonyl (C=S) groups is 1. The highest BCUT2D eigenvalue weighted by Crippen LogP contribution is 2.36. The predicted molar refractivity (Wildman–Crippen MR) is 126 cm³/mol. The number of rotatable bonds is 7. The number of hydrogen-bond acceptors (Lipinski definition) is 6. The molecule has 0 spiro atoms. The number of aromatic nitrogens is 1. The first-order valence-electron chi connectivity index (χ1n) is 10.2. The molecule has 4 rings (SSSR count). The van der Waals surface area contributed by atoms with Gasteiger partial charge in [-0.15, -0.1) is 0 Å². The molecule has 0 unspecified atom stereocenters. The van der Waals surface area contributed by atoms with E-state index in [1.807, 2.05) is 36.4 Å². The third-order valence-electron chi connectivity index (χ3n) is 5.01. The summed E-state index contributed by atoms with van der Waals surface area (Å²) in [4.78, 5) is 4.60. The van der Waals surface area contributed by atoms with Gasteiger partial charge in [-0.2, -0.15) is 5.26 Å². The Morgan fingerprint density at radius 1 is 1.16 bits per heavy atom. The van der Waals surface area contributed by atoms with Crippen molar-refractivity contribution >= 4 is 39.7 Å². The average Bonchev–Trinajstić information content (AvgIpc) is 3.24. The molecule has 0 saturated carbocycles. The number of hydrogen-bond donors (Lipinski definition) is 3. The van der Waals surface area contributed by atoms with Gasteiger partial charge >= 0.3 is 0 Å². The van der Waals surface area contributed by atoms with Crippen molar-refractivity contribution in [3.8, 4) is 17.6 Å². The predicted octanol–water partition coefficient (Wildman–Crippen LogP) is 4.19. The molecule has 1 aliphatic rings. The van der Waals surface area contributed by atoms with Crippen LogP contribution in [0.1, 0.15) is 24.5 Å². The third kappa shape index (κ3) is 4.78. The van der Waals surface area contributed by atoms with Crippen molar-refractivity contribution in [3.63, 3.8) is 0 Å². The van der Waals surface area contributed by atoms with Crippen LogP contribution in [0.25, 0.3) is 10.9 Å². The van der Waals surface area contributed by atoms with Gasteiger partial charge < -0.3 is 25.4 Å². The van der Waals surface area contributed by atoms with Gasteiger partial charge in [0.15, 0.2) is 16.6 Å². The Balaban J connectivity index is 1.31. The summed E-state index contributed by atoms with van der Waals surface area (Å²) in [5.41, 5.74) is 3.50. The molecule has 158 valence electrons. The standard InChI is InChI=1S/C23H23N5O2S/c1-2-15-6-3-4-7-18(15)28-23(31)26-9-5-8-25-22-17(13-24)10-16-11-20-21(30-14-29-20)12-19(16)27-22/h3-4,6-7,10-12H,2,5,8-9,14H2,1H3,(H,25,27)(H2,26,28,31). The number of fused-ring (bicyclic) bond motifs is 2. The number of anilines is 2. The van der Waals surface area contributed by atoms with E-state index in [9.17, 15) is 5.26 Å². The van der Waals surface area contributed by atoms with Gasteiger partial charge in [0.25, 0.3) is 0 Å². The lowest BCUT2D eigenvalue weighted by Gasteiger charge is -2.14. The van der Waals surface area contributed by atoms with Crippen LogP contribution in [0.4, 0.5) is 11.5 Å². The summed E-state index contributed by atoms with van der Waals surface area (Å²) in [5.74, 6) is 1.91. The molecule has 1 aromatic heterocycles. The van der Waals surface area contributed by atoms with E-state index in [-0.39, 0.29) is 6.79 Å². The van der Waals surface area contributed by atoms with Crippen LogP contribution in [0.5, 0.6) is 11.5 Å². The van der Waals surface area contributed by atoms with E-state index in [4.69, 9.17) is 21.7 Å². The van der Waals surface area contributed by atoms with Crippen molar-refractivity contribution in [2.45, 2.75) is 19.8 Å². The third-order valence-corrected chi connectivity index (χ3v) is 5.25. The van der Waals surface area contributed by atoms with Crippen LogP contribution in [0.3, 0.4) is 0 Å². The van der Waals surface area contributed by atoms with Crippen LogP contribution in [-0.2, 0) is 6.42 Å². The fraction of sp³-hybridized carbons (Fsp3) is 0.261. The number of para-hydroxylation sites is 1. The second-order valence-corrected chi connectivity index (χ2v) is 7.47. The van der Waals surface area contributed by atoms with Crippen molar-refractivity contribution in [1.29, 1.82) is 5.26 Å². The van der Waals surface area contributed by atoms with E-state index in [2.05, 4.69) is 40.0 Å². The Morgan fingerprint density at radius 2 is 1.97 bits per heavy atom. The molecule has 0 fully saturated rings. The molecule has 0 atom stereocenters. The second kappa shape index (κ2) is 9.49. The average molecular weight is 434 g/mol. The number of pyridine rings is 1. The monoisotopic (exact) mass is 433 g/mol. The Bertz CT molecular complexity index is 1160. The molecule has 1 aliphatic heterocycles. The van der Waals surface area contributed by atoms with Crippen LogP contribution in [0.2, 0.25) is 0 Å². The van der Waals surface area contributed by atoms with Gasteiger partial charge in [-0.1, -0.05) is 25.1 Å². The van der Waals surface area contributed by atoms with Gasteiger partial charge in [-0.25, -0.2) is 4.98 Å². The van der Waals surface area contributed by atoms with E-state index >= 15 is 0 Å². The first-order valence-corrected chi connectivity index (χ1v) is 10.6. The zero-order valence-electron chi connectivity index (χ0n) is 17.2. The molecule has 2 heterocycles. The second-order valence-electron chi connectivity index (χ2n) is 7.07. The summed E-state index contributed by atoms with van der Waals surface area (Å²) in [5, 5.41) is 20.7. The van der Waals surface area contributed by atoms with E-state index in [0.29, 0.717) is 41.1 Å². The number of nitriles is 1. The van der Waals surface area contributed by atoms with Crippen molar-refractivity contribution < 1.29 is 9.47 Å². The summed E-state index contributed by atoms with van der Waals surface area (Å²) < 4.78 is 10.8. The summed E-state index contributed by atoms with van der Waals surface area (Å²) in [6, 6.07) is 15.8. The normalized spacial score (nSPS) is 11.7. The highest BCUT2D eigenvalue weighted by Gasteiger charge is 2.16. The number of aryl methyl sites for hydroxylation is 1. The minimum absolute atomic E-state index is 0.204. The number of benzene rings is 2. The Kier molecular flexibility index (Phi) is 6.34. The highest BCUT2D eigenvalue weighted by molar-refractivity contribution is 7.80. The van der Waals surface area contributed by atoms with Gasteiger partial charge in [-0.05, 0) is 48.8 Å². The van der Waals surface area contributed by atoms with Crippen molar-refractivity contribution in [2.24, 2.45) is 0 Å². The zero-order chi connectivity index (χ0) is 21.6. The lowest BCUT2D eigenvalue weighted by atomic mass is 10.1. The van der Waals surface area contributed by atoms with Crippen molar-refractivity contribution in [2.75, 3.05) is 30.5 Å². The van der Waals surface area contributed by atoms with Gasteiger partial charge in [0.05, 0.1) is 11.1 Å². The smallest absolute Gasteiger partial charge is 0.231 e. The van der Waals surface area contributed by atoms with Gasteiger partial charge in [-0.3, -0.25) is 0 Å². The maximum Gasteiger partial charge on any atom is 0.231 e. The molecule has 0 aliphatic carbocycles. The van der Waals surface area contributed by atoms with E-state index in [1.165, 1.54) is 5.56 Å². The molecule has 0 radical (unpaired) electrons. The summed E-state index contributed by atoms with van der Waals surface area (Å²) in [7, 11) is 0. The molecule has 7 nitrogen and oxygen atoms in total. The molecule has 0 bridgehead atoms. The minimum atomic E-state index is 0.204. The fourth-order valence-corrected chi connectivity index (χ4v) is 3.61. The Morgan fingerprint density at radius 3 is 2.77 bits per heavy atom. The molecule has 8 heteroatoms. The largest absolute Gasteiger partial charge is 0.454 e. The number of nitrogens with one attached hydrogen (secondary N) is 3. The lowest BCUT2D eigenvalue weighted by molar-refractivity contribution is 0.174. The topological polar surface area (TPSA) is 91.2 Å². The molecular weight excluding hydrogens is 410 g/mol. The van der Waals surface area contributed by atoms with E-state index in [1.54, 1.807) is 0 Å². The highest BCUT2D eigenvalue weighted by atomic mass is 32.1. The summed E-state index contributed by atoms with van der Waals surface area (Å²) in [6.07, 6.45) is 1.75. The van der Waals surface area contributed by atoms with Gasteiger partial charge in [0.2, 0.25) is 6.79 Å². The maximum absolute atomic E-state index is 9.51. The number of nitrogens with zero attached hydrogens (tertiary/aromatic N) is 2. The lowest BCUT2D eigenvalue weighted by Crippen LogP contribution is -2.30. The zero-order valence-corrected chi connectivity index (χ0v) is 18.0. The molecule has 31 heavy (non-hydrogen) atoms. The Labute approximate surface area is 186 Å². The van der Waals surface area contributed by atoms with Crippen molar-refractivity contribution in [3.05, 3.63) is 53.6 Å².